The Balaban J connectivity index is 1.36. The number of hydrogen-bond donors (Lipinski definition) is 7. The van der Waals surface area contributed by atoms with E-state index in [1.54, 1.807) is 0 Å². The van der Waals surface area contributed by atoms with E-state index in [4.69, 9.17) is 14.2 Å². The van der Waals surface area contributed by atoms with Gasteiger partial charge >= 0.3 is 6.09 Å². The van der Waals surface area contributed by atoms with Crippen molar-refractivity contribution in [3.63, 3.8) is 0 Å². The van der Waals surface area contributed by atoms with Gasteiger partial charge in [-0.25, -0.2) is 4.79 Å². The first-order chi connectivity index (χ1) is 25.6. The van der Waals surface area contributed by atoms with Gasteiger partial charge in [-0.2, -0.15) is 5.10 Å². The lowest BCUT2D eigenvalue weighted by molar-refractivity contribution is -0.130. The van der Waals surface area contributed by atoms with E-state index in [1.165, 1.54) is 19.7 Å². The Bertz CT molecular complexity index is 1460. The van der Waals surface area contributed by atoms with Gasteiger partial charge in [0, 0.05) is 52.0 Å². The minimum atomic E-state index is -0.538. The Morgan fingerprint density at radius 2 is 1.42 bits per heavy atom. The van der Waals surface area contributed by atoms with Crippen molar-refractivity contribution in [1.82, 2.24) is 37.3 Å². The normalized spacial score (nSPS) is 16.7. The van der Waals surface area contributed by atoms with E-state index in [1.807, 2.05) is 31.2 Å². The molecule has 292 valence electrons. The summed E-state index contributed by atoms with van der Waals surface area (Å²) >= 11 is 0. The van der Waals surface area contributed by atoms with Crippen LogP contribution in [-0.2, 0) is 44.7 Å². The number of benzene rings is 1. The first kappa shape index (κ1) is 42.4. The fourth-order valence-corrected chi connectivity index (χ4v) is 5.77. The van der Waals surface area contributed by atoms with Crippen LogP contribution >= 0.6 is 0 Å². The summed E-state index contributed by atoms with van der Waals surface area (Å²) in [5.41, 5.74) is 8.43. The van der Waals surface area contributed by atoms with E-state index in [0.717, 1.165) is 48.2 Å². The lowest BCUT2D eigenvalue weighted by Crippen LogP contribution is -2.34. The van der Waals surface area contributed by atoms with Gasteiger partial charge < -0.3 is 40.8 Å². The van der Waals surface area contributed by atoms with Crippen LogP contribution in [0.3, 0.4) is 0 Å². The first-order valence-corrected chi connectivity index (χ1v) is 18.0. The topological polar surface area (TPSA) is 227 Å². The van der Waals surface area contributed by atoms with Crippen LogP contribution in [0, 0.1) is 5.92 Å². The van der Waals surface area contributed by atoms with E-state index < -0.39 is 6.09 Å². The average Bonchev–Trinajstić information content (AvgIpc) is 3.13. The molecule has 7 N–H and O–H groups in total. The van der Waals surface area contributed by atoms with E-state index in [-0.39, 0.29) is 67.7 Å². The van der Waals surface area contributed by atoms with E-state index >= 15 is 0 Å². The zero-order valence-corrected chi connectivity index (χ0v) is 30.9. The molecule has 6 amide bonds. The Hall–Kier alpha value is -5.03. The number of nitrogens with zero attached hydrogens (tertiary/aromatic N) is 1. The van der Waals surface area contributed by atoms with Crippen LogP contribution in [0.5, 0.6) is 0 Å². The van der Waals surface area contributed by atoms with Gasteiger partial charge in [0.2, 0.25) is 29.5 Å². The number of hydrazone groups is 1. The molecule has 0 spiro atoms. The molecule has 1 saturated carbocycles. The maximum absolute atomic E-state index is 12.4. The molecule has 1 aliphatic carbocycles. The lowest BCUT2D eigenvalue weighted by Gasteiger charge is -2.32. The first-order valence-electron chi connectivity index (χ1n) is 18.0. The van der Waals surface area contributed by atoms with Gasteiger partial charge in [0.15, 0.2) is 0 Å². The van der Waals surface area contributed by atoms with Crippen molar-refractivity contribution in [3.8, 4) is 0 Å². The number of amides is 6. The Labute approximate surface area is 310 Å². The van der Waals surface area contributed by atoms with Crippen LogP contribution in [-0.4, -0.2) is 101 Å². The molecule has 0 aromatic heterocycles. The smallest absolute Gasteiger partial charge is 0.409 e. The quantitative estimate of drug-likeness (QED) is 0.0569. The Morgan fingerprint density at radius 3 is 2.06 bits per heavy atom. The molecule has 1 fully saturated rings. The van der Waals surface area contributed by atoms with Crippen molar-refractivity contribution in [1.29, 1.82) is 0 Å². The summed E-state index contributed by atoms with van der Waals surface area (Å²) in [6, 6.07) is 7.96. The third-order valence-corrected chi connectivity index (χ3v) is 8.67. The molecule has 1 aliphatic heterocycles. The predicted octanol–water partition coefficient (Wildman–Crippen LogP) is 0.944. The van der Waals surface area contributed by atoms with Crippen molar-refractivity contribution in [2.45, 2.75) is 77.4 Å². The molecule has 2 unspecified atom stereocenters. The van der Waals surface area contributed by atoms with E-state index in [2.05, 4.69) is 42.4 Å². The van der Waals surface area contributed by atoms with Gasteiger partial charge in [0.25, 0.3) is 0 Å². The average molecular weight is 743 g/mol. The van der Waals surface area contributed by atoms with Crippen molar-refractivity contribution < 1.29 is 43.0 Å². The maximum Gasteiger partial charge on any atom is 0.409 e. The monoisotopic (exact) mass is 742 g/mol. The highest BCUT2D eigenvalue weighted by Crippen LogP contribution is 2.36. The van der Waals surface area contributed by atoms with E-state index in [9.17, 15) is 28.8 Å². The molecular formula is C36H54N8O9. The summed E-state index contributed by atoms with van der Waals surface area (Å²) in [6.07, 6.45) is 3.70. The summed E-state index contributed by atoms with van der Waals surface area (Å²) in [4.78, 5) is 70.3. The van der Waals surface area contributed by atoms with Crippen molar-refractivity contribution in [3.05, 3.63) is 41.0 Å². The Kier molecular flexibility index (Phi) is 18.8. The fraction of sp³-hybridized carbons (Fsp3) is 0.583. The predicted molar refractivity (Wildman–Crippen MR) is 196 cm³/mol. The van der Waals surface area contributed by atoms with E-state index in [0.29, 0.717) is 52.1 Å². The number of hydrogen-bond acceptors (Lipinski definition) is 11. The Morgan fingerprint density at radius 1 is 0.774 bits per heavy atom. The molecule has 1 aromatic rings. The molecule has 1 aromatic carbocycles. The van der Waals surface area contributed by atoms with Gasteiger partial charge in [-0.3, -0.25) is 34.7 Å². The summed E-state index contributed by atoms with van der Waals surface area (Å²) < 4.78 is 16.5. The summed E-state index contributed by atoms with van der Waals surface area (Å²) in [5.74, 6) is -1.55. The van der Waals surface area contributed by atoms with Crippen LogP contribution in [0.1, 0.15) is 75.8 Å². The van der Waals surface area contributed by atoms with Crippen molar-refractivity contribution in [2.75, 3.05) is 53.7 Å². The molecule has 2 aliphatic rings. The van der Waals surface area contributed by atoms with Crippen LogP contribution in [0.15, 0.2) is 34.9 Å². The summed E-state index contributed by atoms with van der Waals surface area (Å²) in [5, 5.41) is 20.1. The van der Waals surface area contributed by atoms with Gasteiger partial charge in [-0.1, -0.05) is 24.3 Å². The number of alkyl carbamates (subject to hydrolysis) is 1. The molecule has 0 radical (unpaired) electrons. The largest absolute Gasteiger partial charge is 0.446 e. The van der Waals surface area contributed by atoms with Crippen LogP contribution < -0.4 is 37.3 Å². The number of carbonyl (C=O) groups is 6. The molecular weight excluding hydrogens is 688 g/mol. The summed E-state index contributed by atoms with van der Waals surface area (Å²) in [7, 11) is 2.94. The molecule has 2 atom stereocenters. The zero-order chi connectivity index (χ0) is 38.4. The minimum absolute atomic E-state index is 0.0132. The van der Waals surface area contributed by atoms with Crippen molar-refractivity contribution in [2.24, 2.45) is 11.0 Å². The molecule has 0 bridgehead atoms. The number of fused-ring (bicyclic) bond motifs is 1. The molecule has 17 heteroatoms. The second-order valence-electron chi connectivity index (χ2n) is 12.7. The molecule has 1 heterocycles. The number of carbonyl (C=O) groups excluding carboxylic acids is 6. The third-order valence-electron chi connectivity index (χ3n) is 8.67. The van der Waals surface area contributed by atoms with Gasteiger partial charge in [-0.05, 0) is 68.6 Å². The molecule has 0 saturated heterocycles. The highest BCUT2D eigenvalue weighted by Gasteiger charge is 2.29. The SMILES string of the molecule is CNC(=O)CC(=O)NCCCOCNC(=O)OC1CCCC2=C(c3ccc(CNC(=O)COCCCNC(=O)CC(=O)NC)cc3)NN=C(C)C2CC1. The van der Waals surface area contributed by atoms with Crippen molar-refractivity contribution >= 4 is 47.0 Å². The fourth-order valence-electron chi connectivity index (χ4n) is 5.77. The second kappa shape index (κ2) is 23.5. The van der Waals surface area contributed by atoms with Crippen LogP contribution in [0.25, 0.3) is 5.70 Å². The minimum Gasteiger partial charge on any atom is -0.446 e. The zero-order valence-electron chi connectivity index (χ0n) is 30.9. The number of rotatable bonds is 20. The number of nitrogens with one attached hydrogen (secondary N) is 7. The molecule has 17 nitrogen and oxygen atoms in total. The third kappa shape index (κ3) is 16.0. The van der Waals surface area contributed by atoms with Crippen LogP contribution in [0.2, 0.25) is 0 Å². The number of allylic oxidation sites excluding steroid dienone is 1. The summed E-state index contributed by atoms with van der Waals surface area (Å²) in [6.45, 7) is 3.57. The van der Waals surface area contributed by atoms with Gasteiger partial charge in [-0.15, -0.1) is 0 Å². The standard InChI is InChI=1S/C36H54N8O9/c1-24-28-14-13-27(53-36(50)42-23-52-18-6-16-40-33(48)20-31(46)38-3)7-4-8-29(28)35(44-43-24)26-11-9-25(10-12-26)21-41-34(49)22-51-17-5-15-39-32(47)19-30(45)37-2/h9-12,27-28,44H,4-8,13-23H2,1-3H3,(H,37,45)(H,38,46)(H,39,47)(H,40,48)(H,41,49)(H,42,50). The van der Waals surface area contributed by atoms with Gasteiger partial charge in [0.05, 0.1) is 12.3 Å². The second-order valence-corrected chi connectivity index (χ2v) is 12.7. The highest BCUT2D eigenvalue weighted by atomic mass is 16.6. The van der Waals surface area contributed by atoms with Crippen LogP contribution in [0.4, 0.5) is 4.79 Å². The van der Waals surface area contributed by atoms with Gasteiger partial charge in [0.1, 0.15) is 32.3 Å². The molecule has 53 heavy (non-hydrogen) atoms. The lowest BCUT2D eigenvalue weighted by atomic mass is 9.80. The number of ether oxygens (including phenoxy) is 3. The maximum atomic E-state index is 12.4. The highest BCUT2D eigenvalue weighted by molar-refractivity contribution is 5.97. The molecule has 3 rings (SSSR count).